The highest BCUT2D eigenvalue weighted by Gasteiger charge is 2.51. The largest absolute Gasteiger partial charge is 0.471 e. The Morgan fingerprint density at radius 2 is 1.27 bits per heavy atom. The van der Waals surface area contributed by atoms with Crippen LogP contribution in [0.25, 0.3) is 0 Å². The molecule has 0 saturated carbocycles. The summed E-state index contributed by atoms with van der Waals surface area (Å²) in [6.45, 7) is 8.98. The molecular formula is C37H61F3N4O11S. The van der Waals surface area contributed by atoms with Gasteiger partial charge < -0.3 is 40.2 Å². The zero-order valence-electron chi connectivity index (χ0n) is 33.4. The Kier molecular flexibility index (Phi) is 23.7. The highest BCUT2D eigenvalue weighted by molar-refractivity contribution is 7.99. The third-order valence-corrected chi connectivity index (χ3v) is 10.0. The van der Waals surface area contributed by atoms with Crippen LogP contribution in [0.1, 0.15) is 125 Å². The molecule has 0 aromatic rings. The molecule has 1 fully saturated rings. The molecule has 0 aromatic carbocycles. The average molecular weight is 827 g/mol. The molecule has 15 nitrogen and oxygen atoms in total. The quantitative estimate of drug-likeness (QED) is 0.0552. The first-order valence-electron chi connectivity index (χ1n) is 19.2. The van der Waals surface area contributed by atoms with Crippen molar-refractivity contribution in [2.24, 2.45) is 0 Å². The third kappa shape index (κ3) is 21.6. The van der Waals surface area contributed by atoms with E-state index in [4.69, 9.17) is 18.9 Å². The second-order valence-electron chi connectivity index (χ2n) is 14.1. The number of nitrogens with one attached hydrogen (secondary N) is 4. The van der Waals surface area contributed by atoms with E-state index in [0.717, 1.165) is 25.7 Å². The van der Waals surface area contributed by atoms with E-state index < -0.39 is 71.2 Å². The summed E-state index contributed by atoms with van der Waals surface area (Å²) in [4.78, 5) is 83.4. The van der Waals surface area contributed by atoms with Crippen LogP contribution in [0, 0.1) is 0 Å². The first-order chi connectivity index (χ1) is 26.3. The van der Waals surface area contributed by atoms with Crippen LogP contribution in [0.15, 0.2) is 0 Å². The summed E-state index contributed by atoms with van der Waals surface area (Å²) < 4.78 is 60.3. The molecule has 0 aliphatic carbocycles. The standard InChI is InChI=1S/C37H61F3N4O11S/c1-7-18-36(6,44-35(51)37(38,39)40)19-12-11-17-30(50)41-20-13-8-10-16-29(49)42-21-14-9-15-22-56-34-31(43-24(2)45)33(54-27(5)48)32(53-26(4)47)28(55-34)23-52-25(3)46/h28,31-34H,7-23H2,1-6H3,(H,41,50)(H,42,49)(H,43,45)(H,44,51)/t28?,31?,32-,33?,34-,36?/m0/s1. The molecule has 1 saturated heterocycles. The van der Waals surface area contributed by atoms with Gasteiger partial charge in [0, 0.05) is 59.2 Å². The zero-order valence-corrected chi connectivity index (χ0v) is 34.3. The predicted octanol–water partition coefficient (Wildman–Crippen LogP) is 4.14. The lowest BCUT2D eigenvalue weighted by molar-refractivity contribution is -0.211. The Hall–Kier alpha value is -3.61. The third-order valence-electron chi connectivity index (χ3n) is 8.76. The molecule has 4 N–H and O–H groups in total. The average Bonchev–Trinajstić information content (AvgIpc) is 3.08. The topological polar surface area (TPSA) is 205 Å². The highest BCUT2D eigenvalue weighted by atomic mass is 32.2. The lowest BCUT2D eigenvalue weighted by Crippen LogP contribution is -2.65. The van der Waals surface area contributed by atoms with Gasteiger partial charge in [0.1, 0.15) is 24.2 Å². The number of unbranched alkanes of at least 4 members (excludes halogenated alkanes) is 5. The molecule has 4 unspecified atom stereocenters. The van der Waals surface area contributed by atoms with Crippen LogP contribution in [0.2, 0.25) is 0 Å². The second kappa shape index (κ2) is 26.3. The van der Waals surface area contributed by atoms with Crippen molar-refractivity contribution in [2.45, 2.75) is 167 Å². The lowest BCUT2D eigenvalue weighted by Gasteiger charge is -2.45. The molecule has 19 heteroatoms. The minimum atomic E-state index is -4.94. The van der Waals surface area contributed by atoms with Gasteiger partial charge in [-0.05, 0) is 57.6 Å². The van der Waals surface area contributed by atoms with Crippen molar-refractivity contribution in [3.05, 3.63) is 0 Å². The van der Waals surface area contributed by atoms with Gasteiger partial charge in [-0.25, -0.2) is 0 Å². The molecule has 322 valence electrons. The fourth-order valence-electron chi connectivity index (χ4n) is 6.20. The van der Waals surface area contributed by atoms with Crippen LogP contribution >= 0.6 is 11.8 Å². The van der Waals surface area contributed by atoms with Gasteiger partial charge in [0.05, 0.1) is 0 Å². The molecule has 0 spiro atoms. The number of amides is 4. The fraction of sp³-hybridized carbons (Fsp3) is 0.811. The molecule has 1 rings (SSSR count). The summed E-state index contributed by atoms with van der Waals surface area (Å²) in [5, 5.41) is 10.6. The summed E-state index contributed by atoms with van der Waals surface area (Å²) in [5.74, 6) is -3.93. The van der Waals surface area contributed by atoms with Gasteiger partial charge in [-0.3, -0.25) is 33.6 Å². The molecule has 1 aliphatic rings. The molecule has 56 heavy (non-hydrogen) atoms. The molecule has 0 aromatic heterocycles. The van der Waals surface area contributed by atoms with Crippen LogP contribution in [0.3, 0.4) is 0 Å². The monoisotopic (exact) mass is 826 g/mol. The molecular weight excluding hydrogens is 765 g/mol. The maximum absolute atomic E-state index is 12.7. The van der Waals surface area contributed by atoms with E-state index in [1.54, 1.807) is 6.92 Å². The van der Waals surface area contributed by atoms with Crippen molar-refractivity contribution in [3.8, 4) is 0 Å². The normalized spacial score (nSPS) is 20.5. The van der Waals surface area contributed by atoms with Gasteiger partial charge in [0.25, 0.3) is 0 Å². The van der Waals surface area contributed by atoms with E-state index >= 15 is 0 Å². The van der Waals surface area contributed by atoms with Gasteiger partial charge in [-0.15, -0.1) is 11.8 Å². The van der Waals surface area contributed by atoms with Crippen molar-refractivity contribution in [3.63, 3.8) is 0 Å². The van der Waals surface area contributed by atoms with Crippen molar-refractivity contribution >= 4 is 53.3 Å². The lowest BCUT2D eigenvalue weighted by atomic mass is 9.89. The van der Waals surface area contributed by atoms with Crippen LogP contribution in [0.5, 0.6) is 0 Å². The van der Waals surface area contributed by atoms with E-state index in [-0.39, 0.29) is 24.8 Å². The number of ether oxygens (including phenoxy) is 4. The van der Waals surface area contributed by atoms with Gasteiger partial charge in [0.15, 0.2) is 12.2 Å². The van der Waals surface area contributed by atoms with Crippen molar-refractivity contribution < 1.29 is 65.7 Å². The number of hydrogen-bond acceptors (Lipinski definition) is 12. The smallest absolute Gasteiger partial charge is 0.463 e. The number of carbonyl (C=O) groups is 7. The number of halogens is 3. The summed E-state index contributed by atoms with van der Waals surface area (Å²) in [7, 11) is 0. The van der Waals surface area contributed by atoms with E-state index in [1.807, 2.05) is 6.92 Å². The number of thioether (sulfide) groups is 1. The summed E-state index contributed by atoms with van der Waals surface area (Å²) in [6.07, 6.45) is -0.947. The predicted molar refractivity (Wildman–Crippen MR) is 201 cm³/mol. The van der Waals surface area contributed by atoms with Gasteiger partial charge in [0.2, 0.25) is 17.7 Å². The summed E-state index contributed by atoms with van der Waals surface area (Å²) >= 11 is 1.36. The van der Waals surface area contributed by atoms with Crippen LogP contribution in [-0.4, -0.2) is 108 Å². The van der Waals surface area contributed by atoms with Crippen molar-refractivity contribution in [1.82, 2.24) is 21.3 Å². The molecule has 4 amide bonds. The van der Waals surface area contributed by atoms with Crippen LogP contribution < -0.4 is 21.3 Å². The SMILES string of the molecule is CCCC(C)(CCCCC(=O)NCCCCCC(=O)NCCCCCS[C@@H]1OC(COC(C)=O)[C@H](OC(C)=O)C(OC(C)=O)C1NC(C)=O)NC(=O)C(F)(F)F. The second-order valence-corrected chi connectivity index (χ2v) is 15.3. The minimum absolute atomic E-state index is 0.0728. The minimum Gasteiger partial charge on any atom is -0.463 e. The molecule has 0 radical (unpaired) electrons. The summed E-state index contributed by atoms with van der Waals surface area (Å²) in [5.41, 5.74) is -1.72. The number of rotatable bonds is 26. The van der Waals surface area contributed by atoms with E-state index in [9.17, 15) is 46.7 Å². The van der Waals surface area contributed by atoms with Crippen molar-refractivity contribution in [1.29, 1.82) is 0 Å². The molecule has 1 heterocycles. The van der Waals surface area contributed by atoms with E-state index in [0.29, 0.717) is 70.2 Å². The van der Waals surface area contributed by atoms with Gasteiger partial charge in [-0.2, -0.15) is 13.2 Å². The first-order valence-corrected chi connectivity index (χ1v) is 20.3. The van der Waals surface area contributed by atoms with Gasteiger partial charge in [-0.1, -0.05) is 32.6 Å². The zero-order chi connectivity index (χ0) is 42.3. The van der Waals surface area contributed by atoms with Gasteiger partial charge >= 0.3 is 30.0 Å². The Balaban J connectivity index is 2.36. The Bertz CT molecular complexity index is 1290. The molecule has 0 bridgehead atoms. The number of alkyl halides is 3. The first kappa shape index (κ1) is 50.4. The number of hydrogen-bond donors (Lipinski definition) is 4. The molecule has 1 aliphatic heterocycles. The van der Waals surface area contributed by atoms with E-state index in [1.165, 1.54) is 39.5 Å². The summed E-state index contributed by atoms with van der Waals surface area (Å²) in [6, 6.07) is -0.866. The maximum Gasteiger partial charge on any atom is 0.471 e. The maximum atomic E-state index is 12.7. The fourth-order valence-corrected chi connectivity index (χ4v) is 7.46. The van der Waals surface area contributed by atoms with Crippen molar-refractivity contribution in [2.75, 3.05) is 25.4 Å². The van der Waals surface area contributed by atoms with Crippen LogP contribution in [0.4, 0.5) is 13.2 Å². The van der Waals surface area contributed by atoms with Crippen LogP contribution in [-0.2, 0) is 52.5 Å². The molecule has 6 atom stereocenters. The van der Waals surface area contributed by atoms with E-state index in [2.05, 4.69) is 21.3 Å². The number of esters is 3. The Labute approximate surface area is 331 Å². The highest BCUT2D eigenvalue weighted by Crippen LogP contribution is 2.33. The Morgan fingerprint density at radius 3 is 1.79 bits per heavy atom. The Morgan fingerprint density at radius 1 is 0.714 bits per heavy atom. The number of carbonyl (C=O) groups excluding carboxylic acids is 7.